The third kappa shape index (κ3) is 1.61. The van der Waals surface area contributed by atoms with Crippen LogP contribution in [0.3, 0.4) is 0 Å². The van der Waals surface area contributed by atoms with E-state index < -0.39 is 0 Å². The minimum absolute atomic E-state index is 0.204. The number of hydrogen-bond donors (Lipinski definition) is 0. The zero-order valence-electron chi connectivity index (χ0n) is 7.57. The first-order valence-corrected chi connectivity index (χ1v) is 4.40. The Balaban J connectivity index is 2.03. The van der Waals surface area contributed by atoms with Crippen molar-refractivity contribution in [3.8, 4) is 0 Å². The molecule has 0 radical (unpaired) electrons. The summed E-state index contributed by atoms with van der Waals surface area (Å²) in [5, 5.41) is 0. The van der Waals surface area contributed by atoms with E-state index in [1.54, 1.807) is 6.20 Å². The third-order valence-corrected chi connectivity index (χ3v) is 2.26. The van der Waals surface area contributed by atoms with E-state index in [4.69, 9.17) is 0 Å². The zero-order chi connectivity index (χ0) is 9.26. The summed E-state index contributed by atoms with van der Waals surface area (Å²) in [5.74, 6) is 1.88. The molecule has 70 valence electrons. The molecule has 0 bridgehead atoms. The zero-order valence-corrected chi connectivity index (χ0v) is 7.57. The molecule has 1 fully saturated rings. The van der Waals surface area contributed by atoms with Crippen molar-refractivity contribution in [2.24, 2.45) is 5.92 Å². The molecular formula is C9H12FN3. The number of rotatable bonds is 2. The normalized spacial score (nSPS) is 17.2. The lowest BCUT2D eigenvalue weighted by Gasteiger charge is -2.38. The minimum atomic E-state index is -0.222. The molecule has 1 aromatic heterocycles. The molecule has 2 rings (SSSR count). The molecule has 2 heterocycles. The van der Waals surface area contributed by atoms with Gasteiger partial charge in [-0.1, -0.05) is 0 Å². The summed E-state index contributed by atoms with van der Waals surface area (Å²) in [6, 6.07) is 1.86. The summed E-state index contributed by atoms with van der Waals surface area (Å²) >= 11 is 0. The van der Waals surface area contributed by atoms with Crippen molar-refractivity contribution in [3.63, 3.8) is 0 Å². The maximum atomic E-state index is 12.1. The van der Waals surface area contributed by atoms with Gasteiger partial charge in [-0.3, -0.25) is 4.39 Å². The molecule has 0 unspecified atom stereocenters. The summed E-state index contributed by atoms with van der Waals surface area (Å²) in [4.78, 5) is 10.3. The SMILES string of the molecule is Cc1nccc(N2CC(CF)C2)n1. The Labute approximate surface area is 76.6 Å². The molecule has 0 spiro atoms. The largest absolute Gasteiger partial charge is 0.356 e. The molecule has 0 N–H and O–H groups in total. The molecule has 1 saturated heterocycles. The highest BCUT2D eigenvalue weighted by atomic mass is 19.1. The molecule has 1 aliphatic heterocycles. The van der Waals surface area contributed by atoms with E-state index in [-0.39, 0.29) is 12.6 Å². The van der Waals surface area contributed by atoms with Gasteiger partial charge >= 0.3 is 0 Å². The van der Waals surface area contributed by atoms with E-state index in [1.807, 2.05) is 13.0 Å². The van der Waals surface area contributed by atoms with Crippen LogP contribution in [0.15, 0.2) is 12.3 Å². The fraction of sp³-hybridized carbons (Fsp3) is 0.556. The highest BCUT2D eigenvalue weighted by molar-refractivity contribution is 5.40. The van der Waals surface area contributed by atoms with E-state index in [2.05, 4.69) is 14.9 Å². The van der Waals surface area contributed by atoms with Gasteiger partial charge in [-0.2, -0.15) is 0 Å². The predicted molar refractivity (Wildman–Crippen MR) is 48.4 cm³/mol. The van der Waals surface area contributed by atoms with Crippen LogP contribution in [0.4, 0.5) is 10.2 Å². The van der Waals surface area contributed by atoms with Gasteiger partial charge in [0.1, 0.15) is 11.6 Å². The Morgan fingerprint density at radius 2 is 2.38 bits per heavy atom. The van der Waals surface area contributed by atoms with Crippen LogP contribution in [0.2, 0.25) is 0 Å². The Kier molecular flexibility index (Phi) is 2.12. The van der Waals surface area contributed by atoms with Gasteiger partial charge in [0.2, 0.25) is 0 Å². The molecule has 0 aliphatic carbocycles. The molecule has 0 atom stereocenters. The number of aromatic nitrogens is 2. The van der Waals surface area contributed by atoms with Gasteiger partial charge in [0.05, 0.1) is 6.67 Å². The molecule has 13 heavy (non-hydrogen) atoms. The molecule has 1 aromatic rings. The van der Waals surface area contributed by atoms with Crippen LogP contribution in [0.5, 0.6) is 0 Å². The predicted octanol–water partition coefficient (Wildman–Crippen LogP) is 1.19. The molecule has 3 nitrogen and oxygen atoms in total. The second kappa shape index (κ2) is 3.28. The van der Waals surface area contributed by atoms with Crippen molar-refractivity contribution >= 4 is 5.82 Å². The lowest BCUT2D eigenvalue weighted by Crippen LogP contribution is -2.48. The van der Waals surface area contributed by atoms with Gasteiger partial charge in [-0.05, 0) is 13.0 Å². The molecule has 0 amide bonds. The second-order valence-corrected chi connectivity index (χ2v) is 3.39. The number of anilines is 1. The number of halogens is 1. The number of nitrogens with zero attached hydrogens (tertiary/aromatic N) is 3. The first-order chi connectivity index (χ1) is 6.29. The summed E-state index contributed by atoms with van der Waals surface area (Å²) in [7, 11) is 0. The molecule has 4 heteroatoms. The van der Waals surface area contributed by atoms with Crippen LogP contribution >= 0.6 is 0 Å². The maximum absolute atomic E-state index is 12.1. The summed E-state index contributed by atoms with van der Waals surface area (Å²) in [6.07, 6.45) is 1.74. The van der Waals surface area contributed by atoms with Gasteiger partial charge in [0.15, 0.2) is 0 Å². The van der Waals surface area contributed by atoms with Crippen LogP contribution in [-0.4, -0.2) is 29.7 Å². The Hall–Kier alpha value is -1.19. The molecule has 1 aliphatic rings. The van der Waals surface area contributed by atoms with Crippen LogP contribution in [-0.2, 0) is 0 Å². The van der Waals surface area contributed by atoms with E-state index >= 15 is 0 Å². The average Bonchev–Trinajstić information content (AvgIpc) is 2.02. The lowest BCUT2D eigenvalue weighted by molar-refractivity contribution is 0.304. The standard InChI is InChI=1S/C9H12FN3/c1-7-11-3-2-9(12-7)13-5-8(4-10)6-13/h2-3,8H,4-6H2,1H3. The summed E-state index contributed by atoms with van der Waals surface area (Å²) < 4.78 is 12.1. The van der Waals surface area contributed by atoms with Crippen molar-refractivity contribution in [1.29, 1.82) is 0 Å². The highest BCUT2D eigenvalue weighted by Crippen LogP contribution is 2.22. The first kappa shape index (κ1) is 8.41. The van der Waals surface area contributed by atoms with Crippen molar-refractivity contribution < 1.29 is 4.39 Å². The van der Waals surface area contributed by atoms with Gasteiger partial charge < -0.3 is 4.90 Å². The van der Waals surface area contributed by atoms with E-state index in [9.17, 15) is 4.39 Å². The number of hydrogen-bond acceptors (Lipinski definition) is 3. The van der Waals surface area contributed by atoms with Crippen molar-refractivity contribution in [2.45, 2.75) is 6.92 Å². The van der Waals surface area contributed by atoms with Gasteiger partial charge in [0.25, 0.3) is 0 Å². The van der Waals surface area contributed by atoms with E-state index in [0.29, 0.717) is 0 Å². The summed E-state index contributed by atoms with van der Waals surface area (Å²) in [6.45, 7) is 3.20. The second-order valence-electron chi connectivity index (χ2n) is 3.39. The molecule has 0 saturated carbocycles. The van der Waals surface area contributed by atoms with Gasteiger partial charge in [-0.15, -0.1) is 0 Å². The average molecular weight is 181 g/mol. The quantitative estimate of drug-likeness (QED) is 0.686. The van der Waals surface area contributed by atoms with Crippen molar-refractivity contribution in [3.05, 3.63) is 18.1 Å². The topological polar surface area (TPSA) is 29.0 Å². The number of alkyl halides is 1. The van der Waals surface area contributed by atoms with Gasteiger partial charge in [-0.25, -0.2) is 9.97 Å². The van der Waals surface area contributed by atoms with Crippen LogP contribution in [0.1, 0.15) is 5.82 Å². The molecular weight excluding hydrogens is 169 g/mol. The summed E-state index contributed by atoms with van der Waals surface area (Å²) in [5.41, 5.74) is 0. The third-order valence-electron chi connectivity index (χ3n) is 2.26. The fourth-order valence-corrected chi connectivity index (χ4v) is 1.47. The highest BCUT2D eigenvalue weighted by Gasteiger charge is 2.27. The first-order valence-electron chi connectivity index (χ1n) is 4.40. The lowest BCUT2D eigenvalue weighted by atomic mass is 10.0. The monoisotopic (exact) mass is 181 g/mol. The smallest absolute Gasteiger partial charge is 0.132 e. The Morgan fingerprint density at radius 1 is 1.62 bits per heavy atom. The van der Waals surface area contributed by atoms with E-state index in [1.165, 1.54) is 0 Å². The molecule has 0 aromatic carbocycles. The maximum Gasteiger partial charge on any atom is 0.132 e. The fourth-order valence-electron chi connectivity index (χ4n) is 1.47. The van der Waals surface area contributed by atoms with Crippen molar-refractivity contribution in [2.75, 3.05) is 24.7 Å². The minimum Gasteiger partial charge on any atom is -0.356 e. The van der Waals surface area contributed by atoms with Crippen LogP contribution < -0.4 is 4.90 Å². The Morgan fingerprint density at radius 3 is 3.00 bits per heavy atom. The van der Waals surface area contributed by atoms with Crippen LogP contribution in [0.25, 0.3) is 0 Å². The van der Waals surface area contributed by atoms with Crippen LogP contribution in [0, 0.1) is 12.8 Å². The van der Waals surface area contributed by atoms with Gasteiger partial charge in [0, 0.05) is 25.2 Å². The van der Waals surface area contributed by atoms with E-state index in [0.717, 1.165) is 24.7 Å². The number of aryl methyl sites for hydroxylation is 1. The Bertz CT molecular complexity index is 297. The van der Waals surface area contributed by atoms with Crippen molar-refractivity contribution in [1.82, 2.24) is 9.97 Å².